The molecule has 0 saturated carbocycles. The summed E-state index contributed by atoms with van der Waals surface area (Å²) in [6.45, 7) is 3.45. The predicted octanol–water partition coefficient (Wildman–Crippen LogP) is 3.87. The molecule has 1 unspecified atom stereocenters. The van der Waals surface area contributed by atoms with Crippen LogP contribution in [0.1, 0.15) is 35.3 Å². The molecule has 0 aliphatic carbocycles. The Bertz CT molecular complexity index is 1080. The predicted molar refractivity (Wildman–Crippen MR) is 119 cm³/mol. The number of fused-ring (bicyclic) bond motifs is 1. The maximum Gasteiger partial charge on any atom is 0.335 e. The lowest BCUT2D eigenvalue weighted by Gasteiger charge is -2.22. The highest BCUT2D eigenvalue weighted by molar-refractivity contribution is 5.87. The van der Waals surface area contributed by atoms with E-state index in [-0.39, 0.29) is 30.2 Å². The van der Waals surface area contributed by atoms with Crippen molar-refractivity contribution in [2.75, 3.05) is 19.7 Å². The van der Waals surface area contributed by atoms with Crippen LogP contribution in [0.25, 0.3) is 10.8 Å². The molecule has 0 radical (unpaired) electrons. The number of nitrogens with one attached hydrogen (secondary N) is 1. The van der Waals surface area contributed by atoms with Crippen molar-refractivity contribution in [3.8, 4) is 5.75 Å². The quantitative estimate of drug-likeness (QED) is 0.609. The van der Waals surface area contributed by atoms with E-state index in [1.165, 1.54) is 28.5 Å². The number of carboxylic acid groups (broad SMARTS) is 1. The summed E-state index contributed by atoms with van der Waals surface area (Å²) >= 11 is 0. The summed E-state index contributed by atoms with van der Waals surface area (Å²) in [5, 5.41) is 15.1. The molecule has 31 heavy (non-hydrogen) atoms. The molecule has 0 spiro atoms. The van der Waals surface area contributed by atoms with Crippen LogP contribution in [0.15, 0.2) is 66.7 Å². The second-order valence-electron chi connectivity index (χ2n) is 7.90. The first-order valence-electron chi connectivity index (χ1n) is 10.5. The highest BCUT2D eigenvalue weighted by atomic mass is 16.5. The van der Waals surface area contributed by atoms with Crippen molar-refractivity contribution in [2.45, 2.75) is 25.4 Å². The minimum Gasteiger partial charge on any atom is -0.484 e. The third-order valence-corrected chi connectivity index (χ3v) is 5.78. The molecular weight excluding hydrogens is 392 g/mol. The largest absolute Gasteiger partial charge is 0.484 e. The van der Waals surface area contributed by atoms with Gasteiger partial charge in [-0.2, -0.15) is 0 Å². The zero-order valence-electron chi connectivity index (χ0n) is 17.5. The number of hydrogen-bond donors (Lipinski definition) is 2. The molecule has 6 heteroatoms. The summed E-state index contributed by atoms with van der Waals surface area (Å²) in [4.78, 5) is 25.3. The van der Waals surface area contributed by atoms with Crippen LogP contribution in [0.5, 0.6) is 5.75 Å². The summed E-state index contributed by atoms with van der Waals surface area (Å²) in [5.74, 6) is -0.572. The van der Waals surface area contributed by atoms with Gasteiger partial charge in [0.1, 0.15) is 5.75 Å². The van der Waals surface area contributed by atoms with Crippen LogP contribution in [-0.2, 0) is 4.79 Å². The zero-order chi connectivity index (χ0) is 21.8. The lowest BCUT2D eigenvalue weighted by atomic mass is 9.99. The van der Waals surface area contributed by atoms with Gasteiger partial charge in [-0.15, -0.1) is 0 Å². The minimum absolute atomic E-state index is 0.0575. The number of benzene rings is 3. The van der Waals surface area contributed by atoms with Crippen LogP contribution >= 0.6 is 0 Å². The molecule has 2 atom stereocenters. The van der Waals surface area contributed by atoms with Gasteiger partial charge in [-0.3, -0.25) is 4.79 Å². The van der Waals surface area contributed by atoms with Crippen LogP contribution in [0.3, 0.4) is 0 Å². The zero-order valence-corrected chi connectivity index (χ0v) is 17.5. The molecule has 1 aliphatic heterocycles. The summed E-state index contributed by atoms with van der Waals surface area (Å²) in [7, 11) is 0. The second kappa shape index (κ2) is 9.18. The molecule has 2 N–H and O–H groups in total. The number of hydrogen-bond acceptors (Lipinski definition) is 4. The Hall–Kier alpha value is -3.38. The third kappa shape index (κ3) is 4.86. The fourth-order valence-corrected chi connectivity index (χ4v) is 4.12. The van der Waals surface area contributed by atoms with Gasteiger partial charge in [0.05, 0.1) is 5.56 Å². The fraction of sp³-hybridized carbons (Fsp3) is 0.280. The van der Waals surface area contributed by atoms with Gasteiger partial charge in [-0.1, -0.05) is 42.5 Å². The van der Waals surface area contributed by atoms with Crippen molar-refractivity contribution in [1.29, 1.82) is 0 Å². The Morgan fingerprint density at radius 3 is 2.61 bits per heavy atom. The average molecular weight is 418 g/mol. The number of amides is 1. The van der Waals surface area contributed by atoms with Crippen LogP contribution in [0.2, 0.25) is 0 Å². The lowest BCUT2D eigenvalue weighted by molar-refractivity contribution is -0.132. The molecule has 6 nitrogen and oxygen atoms in total. The number of aromatic carboxylic acids is 1. The third-order valence-electron chi connectivity index (χ3n) is 5.78. The highest BCUT2D eigenvalue weighted by Crippen LogP contribution is 2.25. The van der Waals surface area contributed by atoms with E-state index in [0.717, 1.165) is 6.42 Å². The number of carbonyl (C=O) groups is 2. The van der Waals surface area contributed by atoms with Crippen LogP contribution < -0.4 is 10.1 Å². The first-order chi connectivity index (χ1) is 15.0. The van der Waals surface area contributed by atoms with Gasteiger partial charge >= 0.3 is 5.97 Å². The number of ether oxygens (including phenoxy) is 1. The van der Waals surface area contributed by atoms with E-state index in [4.69, 9.17) is 9.84 Å². The summed E-state index contributed by atoms with van der Waals surface area (Å²) in [6, 6.07) is 21.2. The molecule has 3 aromatic rings. The molecule has 0 bridgehead atoms. The smallest absolute Gasteiger partial charge is 0.335 e. The van der Waals surface area contributed by atoms with Crippen molar-refractivity contribution in [1.82, 2.24) is 10.2 Å². The fourth-order valence-electron chi connectivity index (χ4n) is 4.12. The van der Waals surface area contributed by atoms with Crippen molar-refractivity contribution in [3.63, 3.8) is 0 Å². The van der Waals surface area contributed by atoms with E-state index in [2.05, 4.69) is 48.6 Å². The van der Waals surface area contributed by atoms with Crippen LogP contribution in [0, 0.1) is 0 Å². The van der Waals surface area contributed by atoms with Crippen molar-refractivity contribution in [3.05, 3.63) is 77.9 Å². The molecular formula is C25H26N2O4. The van der Waals surface area contributed by atoms with Crippen molar-refractivity contribution in [2.24, 2.45) is 0 Å². The van der Waals surface area contributed by atoms with Gasteiger partial charge in [0, 0.05) is 25.2 Å². The topological polar surface area (TPSA) is 78.9 Å². The maximum atomic E-state index is 12.5. The standard InChI is InChI=1S/C25H26N2O4/c1-17(22-8-4-6-18-5-2-3-7-23(18)22)26-20-13-14-27(15-20)24(28)16-31-21-11-9-19(10-12-21)25(29)30/h2-12,17,20,26H,13-16H2,1H3,(H,29,30)/t17-,20?/m1/s1. The summed E-state index contributed by atoms with van der Waals surface area (Å²) in [6.07, 6.45) is 0.897. The van der Waals surface area contributed by atoms with E-state index < -0.39 is 5.97 Å². The Morgan fingerprint density at radius 1 is 1.10 bits per heavy atom. The van der Waals surface area contributed by atoms with Gasteiger partial charge in [-0.25, -0.2) is 4.79 Å². The minimum atomic E-state index is -0.990. The van der Waals surface area contributed by atoms with Gasteiger partial charge in [0.25, 0.3) is 5.91 Å². The Labute approximate surface area is 181 Å². The van der Waals surface area contributed by atoms with Gasteiger partial charge < -0.3 is 20.1 Å². The van der Waals surface area contributed by atoms with E-state index in [1.807, 2.05) is 11.0 Å². The Balaban J connectivity index is 1.30. The Morgan fingerprint density at radius 2 is 1.84 bits per heavy atom. The molecule has 4 rings (SSSR count). The highest BCUT2D eigenvalue weighted by Gasteiger charge is 2.27. The number of carboxylic acids is 1. The van der Waals surface area contributed by atoms with E-state index in [0.29, 0.717) is 18.8 Å². The molecule has 1 saturated heterocycles. The first kappa shape index (κ1) is 20.9. The Kier molecular flexibility index (Phi) is 6.18. The van der Waals surface area contributed by atoms with Crippen LogP contribution in [0.4, 0.5) is 0 Å². The average Bonchev–Trinajstić information content (AvgIpc) is 3.25. The number of rotatable bonds is 7. The normalized spacial score (nSPS) is 16.9. The van der Waals surface area contributed by atoms with Crippen molar-refractivity contribution >= 4 is 22.6 Å². The number of carbonyl (C=O) groups excluding carboxylic acids is 1. The van der Waals surface area contributed by atoms with Crippen LogP contribution in [-0.4, -0.2) is 47.6 Å². The SMILES string of the molecule is C[C@@H](NC1CCN(C(=O)COc2ccc(C(=O)O)cc2)C1)c1cccc2ccccc12. The van der Waals surface area contributed by atoms with Gasteiger partial charge in [0.2, 0.25) is 0 Å². The second-order valence-corrected chi connectivity index (χ2v) is 7.90. The van der Waals surface area contributed by atoms with E-state index in [9.17, 15) is 9.59 Å². The van der Waals surface area contributed by atoms with E-state index >= 15 is 0 Å². The molecule has 1 fully saturated rings. The summed E-state index contributed by atoms with van der Waals surface area (Å²) < 4.78 is 5.54. The molecule has 160 valence electrons. The summed E-state index contributed by atoms with van der Waals surface area (Å²) in [5.41, 5.74) is 1.45. The number of likely N-dealkylation sites (tertiary alicyclic amines) is 1. The molecule has 0 aromatic heterocycles. The van der Waals surface area contributed by atoms with Crippen molar-refractivity contribution < 1.29 is 19.4 Å². The number of nitrogens with zero attached hydrogens (tertiary/aromatic N) is 1. The van der Waals surface area contributed by atoms with E-state index in [1.54, 1.807) is 12.1 Å². The molecule has 1 heterocycles. The molecule has 1 aliphatic rings. The molecule has 3 aromatic carbocycles. The molecule has 1 amide bonds. The first-order valence-corrected chi connectivity index (χ1v) is 10.5. The monoisotopic (exact) mass is 418 g/mol. The van der Waals surface area contributed by atoms with Gasteiger partial charge in [-0.05, 0) is 53.9 Å². The maximum absolute atomic E-state index is 12.5. The van der Waals surface area contributed by atoms with Gasteiger partial charge in [0.15, 0.2) is 6.61 Å². The lowest BCUT2D eigenvalue weighted by Crippen LogP contribution is -2.38.